The summed E-state index contributed by atoms with van der Waals surface area (Å²) in [4.78, 5) is 8.79. The highest BCUT2D eigenvalue weighted by Gasteiger charge is 2.22. The number of ether oxygens (including phenoxy) is 1. The van der Waals surface area contributed by atoms with Gasteiger partial charge >= 0.3 is 0 Å². The first-order valence-corrected chi connectivity index (χ1v) is 9.71. The van der Waals surface area contributed by atoms with E-state index in [4.69, 9.17) is 4.74 Å². The second-order valence-electron chi connectivity index (χ2n) is 6.44. The molecule has 1 atom stereocenters. The first kappa shape index (κ1) is 23.0. The van der Waals surface area contributed by atoms with Crippen molar-refractivity contribution in [3.05, 3.63) is 45.7 Å². The Balaban J connectivity index is 0.00000280. The van der Waals surface area contributed by atoms with E-state index in [2.05, 4.69) is 41.6 Å². The van der Waals surface area contributed by atoms with Crippen LogP contribution in [0.1, 0.15) is 23.6 Å². The van der Waals surface area contributed by atoms with Gasteiger partial charge in [0.1, 0.15) is 18.2 Å². The van der Waals surface area contributed by atoms with Crippen LogP contribution in [-0.2, 0) is 30.7 Å². The van der Waals surface area contributed by atoms with Crippen molar-refractivity contribution < 1.29 is 9.13 Å². The number of rotatable bonds is 6. The quantitative estimate of drug-likeness (QED) is 0.319. The zero-order valence-electron chi connectivity index (χ0n) is 15.9. The van der Waals surface area contributed by atoms with Gasteiger partial charge in [-0.3, -0.25) is 4.99 Å². The number of benzene rings is 1. The Labute approximate surface area is 189 Å². The van der Waals surface area contributed by atoms with Gasteiger partial charge in [0.05, 0.1) is 11.0 Å². The summed E-state index contributed by atoms with van der Waals surface area (Å²) >= 11 is 3.22. The molecule has 0 saturated carbocycles. The maximum Gasteiger partial charge on any atom is 0.191 e. The van der Waals surface area contributed by atoms with Gasteiger partial charge in [-0.05, 0) is 46.5 Å². The molecule has 0 amide bonds. The van der Waals surface area contributed by atoms with E-state index in [1.165, 1.54) is 6.07 Å². The topological polar surface area (TPSA) is 76.4 Å². The van der Waals surface area contributed by atoms with Crippen LogP contribution >= 0.6 is 39.9 Å². The Bertz CT molecular complexity index is 815. The SMILES string of the molecule is CN=C(NCCc1ccc(F)c(Br)c1)NC1CCc2nc(COC)nn2C1.I. The zero-order valence-corrected chi connectivity index (χ0v) is 19.8. The fourth-order valence-corrected chi connectivity index (χ4v) is 3.50. The van der Waals surface area contributed by atoms with Crippen molar-refractivity contribution in [1.29, 1.82) is 0 Å². The van der Waals surface area contributed by atoms with E-state index in [0.717, 1.165) is 49.0 Å². The van der Waals surface area contributed by atoms with E-state index in [-0.39, 0.29) is 35.8 Å². The number of fused-ring (bicyclic) bond motifs is 1. The van der Waals surface area contributed by atoms with Crippen LogP contribution in [0.2, 0.25) is 0 Å². The van der Waals surface area contributed by atoms with Crippen LogP contribution in [0.25, 0.3) is 0 Å². The molecule has 1 unspecified atom stereocenters. The molecule has 0 saturated heterocycles. The van der Waals surface area contributed by atoms with E-state index in [1.54, 1.807) is 26.3 Å². The molecule has 7 nitrogen and oxygen atoms in total. The lowest BCUT2D eigenvalue weighted by Gasteiger charge is -2.25. The standard InChI is InChI=1S/C18H24BrFN6O.HI/c1-21-18(22-8-7-12-3-5-15(20)14(19)9-12)23-13-4-6-17-24-16(11-27-2)25-26(17)10-13;/h3,5,9,13H,4,6-8,10-11H2,1-2H3,(H2,21,22,23);1H. The molecule has 1 aliphatic rings. The predicted octanol–water partition coefficient (Wildman–Crippen LogP) is 2.67. The molecule has 1 aromatic carbocycles. The Kier molecular flexibility index (Phi) is 9.09. The van der Waals surface area contributed by atoms with Crippen molar-refractivity contribution in [3.8, 4) is 0 Å². The molecule has 0 aliphatic carbocycles. The van der Waals surface area contributed by atoms with Crippen LogP contribution in [0, 0.1) is 5.82 Å². The largest absolute Gasteiger partial charge is 0.377 e. The summed E-state index contributed by atoms with van der Waals surface area (Å²) in [6.45, 7) is 1.88. The van der Waals surface area contributed by atoms with E-state index in [9.17, 15) is 4.39 Å². The predicted molar refractivity (Wildman–Crippen MR) is 121 cm³/mol. The van der Waals surface area contributed by atoms with E-state index in [1.807, 2.05) is 4.68 Å². The molecule has 154 valence electrons. The number of aryl methyl sites for hydroxylation is 1. The summed E-state index contributed by atoms with van der Waals surface area (Å²) in [6, 6.07) is 5.31. The molecule has 0 spiro atoms. The minimum absolute atomic E-state index is 0. The number of hydrogen-bond acceptors (Lipinski definition) is 4. The summed E-state index contributed by atoms with van der Waals surface area (Å²) in [5.41, 5.74) is 1.06. The first-order valence-electron chi connectivity index (χ1n) is 8.91. The molecular formula is C18H25BrFIN6O. The fraction of sp³-hybridized carbons (Fsp3) is 0.500. The number of halogens is 3. The molecule has 2 heterocycles. The Morgan fingerprint density at radius 1 is 1.46 bits per heavy atom. The van der Waals surface area contributed by atoms with E-state index in [0.29, 0.717) is 17.6 Å². The lowest BCUT2D eigenvalue weighted by molar-refractivity contribution is 0.177. The van der Waals surface area contributed by atoms with Gasteiger partial charge in [0.2, 0.25) is 0 Å². The van der Waals surface area contributed by atoms with Crippen molar-refractivity contribution in [2.45, 2.75) is 38.5 Å². The number of methoxy groups -OCH3 is 1. The van der Waals surface area contributed by atoms with Crippen molar-refractivity contribution >= 4 is 45.9 Å². The Morgan fingerprint density at radius 2 is 2.29 bits per heavy atom. The number of aliphatic imine (C=N–C) groups is 1. The van der Waals surface area contributed by atoms with Gasteiger partial charge in [0.15, 0.2) is 11.8 Å². The van der Waals surface area contributed by atoms with Gasteiger partial charge in [-0.2, -0.15) is 5.10 Å². The molecule has 1 aliphatic heterocycles. The van der Waals surface area contributed by atoms with E-state index < -0.39 is 0 Å². The second-order valence-corrected chi connectivity index (χ2v) is 7.29. The number of guanidine groups is 1. The molecule has 10 heteroatoms. The molecule has 2 aromatic rings. The summed E-state index contributed by atoms with van der Waals surface area (Å²) < 4.78 is 20.8. The van der Waals surface area contributed by atoms with Crippen LogP contribution in [0.15, 0.2) is 27.7 Å². The number of hydrogen-bond donors (Lipinski definition) is 2. The van der Waals surface area contributed by atoms with E-state index >= 15 is 0 Å². The summed E-state index contributed by atoms with van der Waals surface area (Å²) in [5, 5.41) is 11.2. The van der Waals surface area contributed by atoms with Gasteiger partial charge in [-0.15, -0.1) is 24.0 Å². The minimum Gasteiger partial charge on any atom is -0.377 e. The lowest BCUT2D eigenvalue weighted by Crippen LogP contribution is -2.47. The monoisotopic (exact) mass is 566 g/mol. The molecule has 3 rings (SSSR count). The van der Waals surface area contributed by atoms with Crippen LogP contribution in [0.5, 0.6) is 0 Å². The molecule has 0 bridgehead atoms. The molecular weight excluding hydrogens is 542 g/mol. The van der Waals surface area contributed by atoms with Crippen molar-refractivity contribution in [1.82, 2.24) is 25.4 Å². The number of nitrogens with zero attached hydrogens (tertiary/aromatic N) is 4. The van der Waals surface area contributed by atoms with Crippen LogP contribution in [0.3, 0.4) is 0 Å². The Hall–Kier alpha value is -1.27. The molecule has 2 N–H and O–H groups in total. The average Bonchev–Trinajstić information content (AvgIpc) is 3.05. The average molecular weight is 567 g/mol. The van der Waals surface area contributed by atoms with Gasteiger partial charge in [-0.1, -0.05) is 6.07 Å². The normalized spacial score (nSPS) is 16.3. The maximum atomic E-state index is 13.3. The third-order valence-electron chi connectivity index (χ3n) is 4.43. The summed E-state index contributed by atoms with van der Waals surface area (Å²) in [7, 11) is 3.40. The molecule has 0 fully saturated rings. The lowest BCUT2D eigenvalue weighted by atomic mass is 10.1. The van der Waals surface area contributed by atoms with Crippen molar-refractivity contribution in [2.75, 3.05) is 20.7 Å². The highest BCUT2D eigenvalue weighted by Crippen LogP contribution is 2.17. The molecule has 28 heavy (non-hydrogen) atoms. The third kappa shape index (κ3) is 6.11. The van der Waals surface area contributed by atoms with Crippen LogP contribution in [0.4, 0.5) is 4.39 Å². The fourth-order valence-electron chi connectivity index (χ4n) is 3.08. The first-order chi connectivity index (χ1) is 13.1. The second kappa shape index (κ2) is 11.1. The van der Waals surface area contributed by atoms with Crippen molar-refractivity contribution in [3.63, 3.8) is 0 Å². The van der Waals surface area contributed by atoms with Crippen molar-refractivity contribution in [2.24, 2.45) is 4.99 Å². The summed E-state index contributed by atoms with van der Waals surface area (Å²) in [5.74, 6) is 2.23. The third-order valence-corrected chi connectivity index (χ3v) is 5.04. The van der Waals surface area contributed by atoms with Crippen LogP contribution < -0.4 is 10.6 Å². The van der Waals surface area contributed by atoms with Crippen LogP contribution in [-0.4, -0.2) is 47.5 Å². The number of nitrogens with one attached hydrogen (secondary N) is 2. The minimum atomic E-state index is -0.248. The highest BCUT2D eigenvalue weighted by atomic mass is 127. The highest BCUT2D eigenvalue weighted by molar-refractivity contribution is 14.0. The molecule has 1 aromatic heterocycles. The van der Waals surface area contributed by atoms with Gasteiger partial charge in [-0.25, -0.2) is 14.1 Å². The maximum absolute atomic E-state index is 13.3. The number of aromatic nitrogens is 3. The molecule has 0 radical (unpaired) electrons. The summed E-state index contributed by atoms with van der Waals surface area (Å²) in [6.07, 6.45) is 2.61. The van der Waals surface area contributed by atoms with Gasteiger partial charge < -0.3 is 15.4 Å². The Morgan fingerprint density at radius 3 is 3.00 bits per heavy atom. The van der Waals surface area contributed by atoms with Gasteiger partial charge in [0, 0.05) is 33.2 Å². The zero-order chi connectivity index (χ0) is 19.2. The van der Waals surface area contributed by atoms with Gasteiger partial charge in [0.25, 0.3) is 0 Å². The smallest absolute Gasteiger partial charge is 0.191 e.